The zero-order valence-electron chi connectivity index (χ0n) is 7.71. The Morgan fingerprint density at radius 3 is 2.80 bits per heavy atom. The van der Waals surface area contributed by atoms with Gasteiger partial charge in [0.1, 0.15) is 5.82 Å². The Balaban J connectivity index is 2.34. The third-order valence-electron chi connectivity index (χ3n) is 2.28. The van der Waals surface area contributed by atoms with Crippen LogP contribution in [0.4, 0.5) is 10.1 Å². The van der Waals surface area contributed by atoms with E-state index in [9.17, 15) is 9.18 Å². The zero-order valence-corrected chi connectivity index (χ0v) is 10.1. The van der Waals surface area contributed by atoms with Gasteiger partial charge in [0, 0.05) is 17.4 Å². The number of alkyl halides is 1. The molecule has 1 atom stereocenters. The summed E-state index contributed by atoms with van der Waals surface area (Å²) >= 11 is 9.11. The average molecular weight is 293 g/mol. The predicted molar refractivity (Wildman–Crippen MR) is 60.7 cm³/mol. The number of anilines is 1. The van der Waals surface area contributed by atoms with Crippen molar-refractivity contribution in [1.29, 1.82) is 0 Å². The number of amides is 1. The fourth-order valence-corrected chi connectivity index (χ4v) is 2.43. The lowest BCUT2D eigenvalue weighted by Gasteiger charge is -2.17. The van der Waals surface area contributed by atoms with Gasteiger partial charge >= 0.3 is 0 Å². The number of benzene rings is 1. The lowest BCUT2D eigenvalue weighted by atomic mass is 10.3. The molecule has 5 heteroatoms. The summed E-state index contributed by atoms with van der Waals surface area (Å²) in [7, 11) is 0. The number of carbonyl (C=O) groups is 1. The van der Waals surface area contributed by atoms with E-state index in [1.54, 1.807) is 11.0 Å². The van der Waals surface area contributed by atoms with E-state index in [0.29, 0.717) is 23.1 Å². The number of rotatable bonds is 1. The Morgan fingerprint density at radius 2 is 2.27 bits per heavy atom. The predicted octanol–water partition coefficient (Wildman–Crippen LogP) is 2.93. The van der Waals surface area contributed by atoms with E-state index in [0.717, 1.165) is 0 Å². The van der Waals surface area contributed by atoms with E-state index < -0.39 is 0 Å². The lowest BCUT2D eigenvalue weighted by Crippen LogP contribution is -2.24. The molecular weight excluding hydrogens is 284 g/mol. The van der Waals surface area contributed by atoms with Crippen molar-refractivity contribution in [3.8, 4) is 0 Å². The molecular formula is C10H8BrClFNO. The Labute approximate surface area is 100 Å². The number of hydrogen-bond acceptors (Lipinski definition) is 1. The van der Waals surface area contributed by atoms with Crippen molar-refractivity contribution in [3.05, 3.63) is 28.5 Å². The standard InChI is InChI=1S/C10H8BrClFNO/c11-8-4-7(13)1-2-9(8)14-5-6(12)3-10(14)15/h1-2,4,6H,3,5H2. The molecule has 80 valence electrons. The van der Waals surface area contributed by atoms with Crippen molar-refractivity contribution in [3.63, 3.8) is 0 Å². The monoisotopic (exact) mass is 291 g/mol. The maximum atomic E-state index is 12.8. The van der Waals surface area contributed by atoms with Gasteiger partial charge in [0.25, 0.3) is 0 Å². The summed E-state index contributed by atoms with van der Waals surface area (Å²) in [6.07, 6.45) is 0.339. The highest BCUT2D eigenvalue weighted by atomic mass is 79.9. The van der Waals surface area contributed by atoms with E-state index in [4.69, 9.17) is 11.6 Å². The second-order valence-electron chi connectivity index (χ2n) is 3.40. The van der Waals surface area contributed by atoms with Crippen LogP contribution >= 0.6 is 27.5 Å². The smallest absolute Gasteiger partial charge is 0.228 e. The first-order valence-corrected chi connectivity index (χ1v) is 5.70. The normalized spacial score (nSPS) is 21.1. The summed E-state index contributed by atoms with van der Waals surface area (Å²) in [5, 5.41) is -0.158. The van der Waals surface area contributed by atoms with Crippen molar-refractivity contribution in [2.75, 3.05) is 11.4 Å². The molecule has 2 nitrogen and oxygen atoms in total. The van der Waals surface area contributed by atoms with Gasteiger partial charge in [-0.2, -0.15) is 0 Å². The number of halogens is 3. The largest absolute Gasteiger partial charge is 0.310 e. The van der Waals surface area contributed by atoms with Crippen LogP contribution in [0.5, 0.6) is 0 Å². The lowest BCUT2D eigenvalue weighted by molar-refractivity contribution is -0.117. The summed E-state index contributed by atoms with van der Waals surface area (Å²) in [4.78, 5) is 13.1. The Morgan fingerprint density at radius 1 is 1.53 bits per heavy atom. The molecule has 1 unspecified atom stereocenters. The average Bonchev–Trinajstić information content (AvgIpc) is 2.45. The maximum Gasteiger partial charge on any atom is 0.228 e. The van der Waals surface area contributed by atoms with Gasteiger partial charge in [-0.05, 0) is 34.1 Å². The first-order chi connectivity index (χ1) is 7.08. The second-order valence-corrected chi connectivity index (χ2v) is 4.87. The molecule has 0 saturated carbocycles. The molecule has 1 saturated heterocycles. The van der Waals surface area contributed by atoms with Crippen LogP contribution in [0.3, 0.4) is 0 Å². The van der Waals surface area contributed by atoms with Gasteiger partial charge in [0.05, 0.1) is 11.1 Å². The molecule has 15 heavy (non-hydrogen) atoms. The quantitative estimate of drug-likeness (QED) is 0.729. The number of carbonyl (C=O) groups excluding carboxylic acids is 1. The van der Waals surface area contributed by atoms with E-state index in [1.165, 1.54) is 12.1 Å². The van der Waals surface area contributed by atoms with Crippen molar-refractivity contribution in [2.45, 2.75) is 11.8 Å². The highest BCUT2D eigenvalue weighted by Crippen LogP contribution is 2.31. The van der Waals surface area contributed by atoms with Gasteiger partial charge in [-0.25, -0.2) is 4.39 Å². The number of nitrogens with zero attached hydrogens (tertiary/aromatic N) is 1. The molecule has 1 heterocycles. The fourth-order valence-electron chi connectivity index (χ4n) is 1.60. The molecule has 0 aliphatic carbocycles. The van der Waals surface area contributed by atoms with Crippen LogP contribution in [0, 0.1) is 5.82 Å². The summed E-state index contributed by atoms with van der Waals surface area (Å²) < 4.78 is 13.4. The Hall–Kier alpha value is -0.610. The zero-order chi connectivity index (χ0) is 11.0. The molecule has 1 aliphatic rings. The highest BCUT2D eigenvalue weighted by molar-refractivity contribution is 9.10. The molecule has 1 fully saturated rings. The third-order valence-corrected chi connectivity index (χ3v) is 3.21. The van der Waals surface area contributed by atoms with Crippen LogP contribution in [0.1, 0.15) is 6.42 Å². The van der Waals surface area contributed by atoms with Gasteiger partial charge in [0.2, 0.25) is 5.91 Å². The molecule has 1 aliphatic heterocycles. The molecule has 0 spiro atoms. The molecule has 1 amide bonds. The van der Waals surface area contributed by atoms with Crippen LogP contribution in [0.2, 0.25) is 0 Å². The summed E-state index contributed by atoms with van der Waals surface area (Å²) in [6, 6.07) is 4.24. The Kier molecular flexibility index (Phi) is 2.98. The van der Waals surface area contributed by atoms with Gasteiger partial charge < -0.3 is 4.90 Å². The van der Waals surface area contributed by atoms with Gasteiger partial charge in [0.15, 0.2) is 0 Å². The van der Waals surface area contributed by atoms with E-state index >= 15 is 0 Å². The van der Waals surface area contributed by atoms with E-state index in [1.807, 2.05) is 0 Å². The summed E-state index contributed by atoms with van der Waals surface area (Å²) in [5.74, 6) is -0.359. The van der Waals surface area contributed by atoms with Crippen LogP contribution in [0.15, 0.2) is 22.7 Å². The number of hydrogen-bond donors (Lipinski definition) is 0. The minimum Gasteiger partial charge on any atom is -0.310 e. The molecule has 0 radical (unpaired) electrons. The van der Waals surface area contributed by atoms with Crippen molar-refractivity contribution in [1.82, 2.24) is 0 Å². The summed E-state index contributed by atoms with van der Waals surface area (Å²) in [6.45, 7) is 0.477. The molecule has 1 aromatic rings. The van der Waals surface area contributed by atoms with Gasteiger partial charge in [-0.3, -0.25) is 4.79 Å². The van der Waals surface area contributed by atoms with Crippen molar-refractivity contribution >= 4 is 39.1 Å². The molecule has 0 bridgehead atoms. The fraction of sp³-hybridized carbons (Fsp3) is 0.300. The van der Waals surface area contributed by atoms with Gasteiger partial charge in [-0.1, -0.05) is 0 Å². The topological polar surface area (TPSA) is 20.3 Å². The molecule has 0 aromatic heterocycles. The van der Waals surface area contributed by atoms with E-state index in [2.05, 4.69) is 15.9 Å². The molecule has 2 rings (SSSR count). The van der Waals surface area contributed by atoms with Crippen LogP contribution in [-0.2, 0) is 4.79 Å². The first-order valence-electron chi connectivity index (χ1n) is 4.47. The minimum absolute atomic E-state index is 0.0256. The molecule has 1 aromatic carbocycles. The van der Waals surface area contributed by atoms with E-state index in [-0.39, 0.29) is 17.1 Å². The van der Waals surface area contributed by atoms with Crippen molar-refractivity contribution < 1.29 is 9.18 Å². The van der Waals surface area contributed by atoms with Crippen LogP contribution < -0.4 is 4.90 Å². The second kappa shape index (κ2) is 4.10. The minimum atomic E-state index is -0.334. The first kappa shape index (κ1) is 10.9. The molecule has 0 N–H and O–H groups in total. The van der Waals surface area contributed by atoms with Crippen LogP contribution in [0.25, 0.3) is 0 Å². The maximum absolute atomic E-state index is 12.8. The third kappa shape index (κ3) is 2.16. The van der Waals surface area contributed by atoms with Crippen molar-refractivity contribution in [2.24, 2.45) is 0 Å². The highest BCUT2D eigenvalue weighted by Gasteiger charge is 2.30. The summed E-state index contributed by atoms with van der Waals surface area (Å²) in [5.41, 5.74) is 0.671. The Bertz CT molecular complexity index is 412. The van der Waals surface area contributed by atoms with Gasteiger partial charge in [-0.15, -0.1) is 11.6 Å². The van der Waals surface area contributed by atoms with Crippen LogP contribution in [-0.4, -0.2) is 17.8 Å². The SMILES string of the molecule is O=C1CC(Cl)CN1c1ccc(F)cc1Br.